The lowest BCUT2D eigenvalue weighted by Crippen LogP contribution is -2.44. The van der Waals surface area contributed by atoms with E-state index in [2.05, 4.69) is 24.0 Å². The third kappa shape index (κ3) is 2.72. The molecule has 1 N–H and O–H groups in total. The number of piperidine rings is 1. The molecule has 0 saturated carbocycles. The van der Waals surface area contributed by atoms with Crippen LogP contribution in [0.2, 0.25) is 0 Å². The van der Waals surface area contributed by atoms with E-state index in [1.807, 2.05) is 33.7 Å². The summed E-state index contributed by atoms with van der Waals surface area (Å²) in [7, 11) is 4.17. The number of nitrogens with zero attached hydrogens (tertiary/aromatic N) is 3. The van der Waals surface area contributed by atoms with Gasteiger partial charge in [0.15, 0.2) is 0 Å². The van der Waals surface area contributed by atoms with Crippen LogP contribution in [-0.4, -0.2) is 58.3 Å². The maximum absolute atomic E-state index is 12.9. The van der Waals surface area contributed by atoms with Crippen LogP contribution in [0.4, 0.5) is 0 Å². The normalized spacial score (nSPS) is 16.2. The number of rotatable bonds is 2. The first-order valence-corrected chi connectivity index (χ1v) is 8.63. The number of amides is 1. The lowest BCUT2D eigenvalue weighted by molar-refractivity contribution is 0.0663. The van der Waals surface area contributed by atoms with E-state index in [0.29, 0.717) is 22.6 Å². The minimum absolute atomic E-state index is 0.0332. The van der Waals surface area contributed by atoms with E-state index in [4.69, 9.17) is 0 Å². The smallest absolute Gasteiger partial charge is 0.258 e. The average molecular weight is 338 g/mol. The summed E-state index contributed by atoms with van der Waals surface area (Å²) in [6, 6.07) is 9.74. The van der Waals surface area contributed by atoms with Crippen molar-refractivity contribution in [3.8, 4) is 0 Å². The highest BCUT2D eigenvalue weighted by atomic mass is 16.2. The van der Waals surface area contributed by atoms with Crippen LogP contribution in [0.15, 0.2) is 41.3 Å². The molecule has 0 spiro atoms. The van der Waals surface area contributed by atoms with Crippen LogP contribution in [-0.2, 0) is 0 Å². The number of carbonyl (C=O) groups is 1. The molecule has 0 radical (unpaired) electrons. The molecule has 0 unspecified atom stereocenters. The largest absolute Gasteiger partial charge is 0.338 e. The van der Waals surface area contributed by atoms with Crippen LogP contribution >= 0.6 is 0 Å². The van der Waals surface area contributed by atoms with Gasteiger partial charge in [0.25, 0.3) is 11.5 Å². The second-order valence-electron chi connectivity index (χ2n) is 6.94. The molecule has 0 aliphatic carbocycles. The van der Waals surface area contributed by atoms with Gasteiger partial charge in [-0.3, -0.25) is 9.59 Å². The fourth-order valence-corrected chi connectivity index (χ4v) is 3.70. The first-order valence-electron chi connectivity index (χ1n) is 8.63. The first-order chi connectivity index (χ1) is 12.0. The quantitative estimate of drug-likeness (QED) is 0.777. The average Bonchev–Trinajstić information content (AvgIpc) is 3.05. The van der Waals surface area contributed by atoms with Crippen molar-refractivity contribution in [2.75, 3.05) is 27.2 Å². The summed E-state index contributed by atoms with van der Waals surface area (Å²) in [4.78, 5) is 32.1. The molecule has 6 nitrogen and oxygen atoms in total. The number of nitrogens with one attached hydrogen (secondary N) is 1. The highest BCUT2D eigenvalue weighted by Crippen LogP contribution is 2.19. The molecule has 3 heterocycles. The summed E-state index contributed by atoms with van der Waals surface area (Å²) in [5.74, 6) is 0.0332. The number of H-pyrrole nitrogens is 1. The number of carbonyl (C=O) groups excluding carboxylic acids is 1. The lowest BCUT2D eigenvalue weighted by atomic mass is 10.0. The zero-order valence-corrected chi connectivity index (χ0v) is 14.5. The van der Waals surface area contributed by atoms with E-state index in [1.54, 1.807) is 12.1 Å². The van der Waals surface area contributed by atoms with Crippen molar-refractivity contribution < 1.29 is 4.79 Å². The van der Waals surface area contributed by atoms with Crippen molar-refractivity contribution in [1.29, 1.82) is 0 Å². The Balaban J connectivity index is 1.67. The second kappa shape index (κ2) is 6.04. The molecule has 1 aliphatic rings. The lowest BCUT2D eigenvalue weighted by Gasteiger charge is -2.35. The maximum Gasteiger partial charge on any atom is 0.258 e. The van der Waals surface area contributed by atoms with Gasteiger partial charge in [-0.25, -0.2) is 0 Å². The molecular formula is C19H22N4O2. The van der Waals surface area contributed by atoms with Crippen molar-refractivity contribution in [1.82, 2.24) is 19.2 Å². The van der Waals surface area contributed by atoms with E-state index < -0.39 is 0 Å². The molecule has 1 fully saturated rings. The highest BCUT2D eigenvalue weighted by molar-refractivity contribution is 5.96. The summed E-state index contributed by atoms with van der Waals surface area (Å²) in [5, 5.41) is 0.622. The van der Waals surface area contributed by atoms with E-state index >= 15 is 0 Å². The predicted octanol–water partition coefficient (Wildman–Crippen LogP) is 1.95. The number of fused-ring (bicyclic) bond motifs is 3. The SMILES string of the molecule is CN(C)C1CCN(C(=O)c2cc3[nH]c(=O)c4ccccc4n3c2)CC1. The van der Waals surface area contributed by atoms with Gasteiger partial charge < -0.3 is 19.2 Å². The van der Waals surface area contributed by atoms with Crippen molar-refractivity contribution in [3.63, 3.8) is 0 Å². The van der Waals surface area contributed by atoms with Gasteiger partial charge in [0.05, 0.1) is 16.5 Å². The van der Waals surface area contributed by atoms with Crippen LogP contribution < -0.4 is 5.56 Å². The minimum Gasteiger partial charge on any atom is -0.338 e. The van der Waals surface area contributed by atoms with Crippen molar-refractivity contribution >= 4 is 22.5 Å². The number of hydrogen-bond acceptors (Lipinski definition) is 3. The summed E-state index contributed by atoms with van der Waals surface area (Å²) < 4.78 is 1.89. The van der Waals surface area contributed by atoms with Gasteiger partial charge >= 0.3 is 0 Å². The van der Waals surface area contributed by atoms with E-state index in [0.717, 1.165) is 31.4 Å². The number of aromatic nitrogens is 2. The molecule has 0 bridgehead atoms. The van der Waals surface area contributed by atoms with Gasteiger partial charge in [0.2, 0.25) is 0 Å². The molecule has 3 aromatic rings. The Hall–Kier alpha value is -2.60. The molecule has 130 valence electrons. The monoisotopic (exact) mass is 338 g/mol. The van der Waals surface area contributed by atoms with Crippen molar-refractivity contribution in [2.45, 2.75) is 18.9 Å². The Bertz CT molecular complexity index is 993. The van der Waals surface area contributed by atoms with Crippen LogP contribution in [0.3, 0.4) is 0 Å². The molecule has 2 aromatic heterocycles. The zero-order valence-electron chi connectivity index (χ0n) is 14.5. The fourth-order valence-electron chi connectivity index (χ4n) is 3.70. The standard InChI is InChI=1S/C19H22N4O2/c1-21(2)14-7-9-22(10-8-14)19(25)13-11-17-20-18(24)15-5-3-4-6-16(15)23(17)12-13/h3-6,11-12,14H,7-10H2,1-2H3,(H,20,24). The van der Waals surface area contributed by atoms with Crippen LogP contribution in [0.1, 0.15) is 23.2 Å². The van der Waals surface area contributed by atoms with E-state index in [-0.39, 0.29) is 11.5 Å². The predicted molar refractivity (Wildman–Crippen MR) is 98.1 cm³/mol. The van der Waals surface area contributed by atoms with E-state index in [1.165, 1.54) is 0 Å². The number of hydrogen-bond donors (Lipinski definition) is 1. The van der Waals surface area contributed by atoms with Gasteiger partial charge in [-0.15, -0.1) is 0 Å². The molecule has 25 heavy (non-hydrogen) atoms. The molecule has 1 aliphatic heterocycles. The van der Waals surface area contributed by atoms with Crippen LogP contribution in [0, 0.1) is 0 Å². The topological polar surface area (TPSA) is 60.8 Å². The summed E-state index contributed by atoms with van der Waals surface area (Å²) in [6.07, 6.45) is 3.81. The van der Waals surface area contributed by atoms with Crippen molar-refractivity contribution in [3.05, 3.63) is 52.4 Å². The first kappa shape index (κ1) is 15.9. The van der Waals surface area contributed by atoms with Gasteiger partial charge in [0, 0.05) is 25.3 Å². The molecule has 0 atom stereocenters. The molecule has 1 aromatic carbocycles. The number of likely N-dealkylation sites (tertiary alicyclic amines) is 1. The number of para-hydroxylation sites is 1. The Morgan fingerprint density at radius 2 is 1.92 bits per heavy atom. The number of benzene rings is 1. The third-order valence-corrected chi connectivity index (χ3v) is 5.20. The van der Waals surface area contributed by atoms with Crippen molar-refractivity contribution in [2.24, 2.45) is 0 Å². The highest BCUT2D eigenvalue weighted by Gasteiger charge is 2.25. The second-order valence-corrected chi connectivity index (χ2v) is 6.94. The molecule has 1 saturated heterocycles. The van der Waals surface area contributed by atoms with E-state index in [9.17, 15) is 9.59 Å². The van der Waals surface area contributed by atoms with Gasteiger partial charge in [0.1, 0.15) is 5.65 Å². The molecule has 1 amide bonds. The summed E-state index contributed by atoms with van der Waals surface area (Å²) in [5.41, 5.74) is 1.95. The van der Waals surface area contributed by atoms with Gasteiger partial charge in [-0.1, -0.05) is 12.1 Å². The Morgan fingerprint density at radius 3 is 2.64 bits per heavy atom. The Kier molecular flexibility index (Phi) is 3.84. The Labute approximate surface area is 145 Å². The maximum atomic E-state index is 12.9. The summed E-state index contributed by atoms with van der Waals surface area (Å²) in [6.45, 7) is 1.54. The Morgan fingerprint density at radius 1 is 1.20 bits per heavy atom. The summed E-state index contributed by atoms with van der Waals surface area (Å²) >= 11 is 0. The molecular weight excluding hydrogens is 316 g/mol. The number of aromatic amines is 1. The third-order valence-electron chi connectivity index (χ3n) is 5.20. The van der Waals surface area contributed by atoms with Crippen LogP contribution in [0.5, 0.6) is 0 Å². The van der Waals surface area contributed by atoms with Gasteiger partial charge in [-0.05, 0) is 45.1 Å². The molecule has 4 rings (SSSR count). The molecule has 6 heteroatoms. The van der Waals surface area contributed by atoms with Gasteiger partial charge in [-0.2, -0.15) is 0 Å². The minimum atomic E-state index is -0.132. The zero-order chi connectivity index (χ0) is 17.6. The van der Waals surface area contributed by atoms with Crippen LogP contribution in [0.25, 0.3) is 16.6 Å². The fraction of sp³-hybridized carbons (Fsp3) is 0.368.